The lowest BCUT2D eigenvalue weighted by Crippen LogP contribution is -2.16. The molecule has 8 heteroatoms. The summed E-state index contributed by atoms with van der Waals surface area (Å²) in [6, 6.07) is 11.9. The van der Waals surface area contributed by atoms with Crippen molar-refractivity contribution in [3.05, 3.63) is 71.0 Å². The van der Waals surface area contributed by atoms with Crippen molar-refractivity contribution >= 4 is 27.3 Å². The second-order valence-electron chi connectivity index (χ2n) is 8.57. The zero-order valence-electron chi connectivity index (χ0n) is 17.8. The van der Waals surface area contributed by atoms with Crippen LogP contribution in [-0.4, -0.2) is 37.2 Å². The lowest BCUT2D eigenvalue weighted by atomic mass is 9.87. The van der Waals surface area contributed by atoms with E-state index < -0.39 is 10.0 Å². The van der Waals surface area contributed by atoms with Gasteiger partial charge in [0, 0.05) is 23.3 Å². The van der Waals surface area contributed by atoms with Gasteiger partial charge in [-0.15, -0.1) is 0 Å². The summed E-state index contributed by atoms with van der Waals surface area (Å²) in [6.07, 6.45) is 3.62. The highest BCUT2D eigenvalue weighted by Gasteiger charge is 2.19. The zero-order chi connectivity index (χ0) is 22.1. The lowest BCUT2D eigenvalue weighted by Gasteiger charge is -2.19. The van der Waals surface area contributed by atoms with E-state index in [9.17, 15) is 8.42 Å². The van der Waals surface area contributed by atoms with Crippen LogP contribution in [0.4, 0.5) is 5.69 Å². The van der Waals surface area contributed by atoms with Crippen LogP contribution in [0, 0.1) is 0 Å². The number of hydrogen-bond donors (Lipinski definition) is 1. The van der Waals surface area contributed by atoms with Crippen LogP contribution in [0.2, 0.25) is 5.02 Å². The van der Waals surface area contributed by atoms with Gasteiger partial charge in [-0.1, -0.05) is 44.5 Å². The minimum atomic E-state index is -3.77. The van der Waals surface area contributed by atoms with Gasteiger partial charge in [-0.05, 0) is 55.4 Å². The average Bonchev–Trinajstić information content (AvgIpc) is 3.10. The van der Waals surface area contributed by atoms with Crippen molar-refractivity contribution in [1.82, 2.24) is 14.7 Å². The number of hydrogen-bond acceptors (Lipinski definition) is 4. The predicted molar refractivity (Wildman–Crippen MR) is 122 cm³/mol. The van der Waals surface area contributed by atoms with Gasteiger partial charge in [-0.3, -0.25) is 4.72 Å². The van der Waals surface area contributed by atoms with Crippen LogP contribution in [0.1, 0.15) is 31.9 Å². The second kappa shape index (κ2) is 8.41. The number of anilines is 1. The maximum absolute atomic E-state index is 13.0. The number of benzene rings is 2. The molecule has 2 aromatic carbocycles. The molecule has 3 aromatic rings. The van der Waals surface area contributed by atoms with Gasteiger partial charge < -0.3 is 4.90 Å². The molecule has 0 spiro atoms. The van der Waals surface area contributed by atoms with Crippen molar-refractivity contribution in [2.75, 3.05) is 18.8 Å². The Kier molecular flexibility index (Phi) is 6.26. The summed E-state index contributed by atoms with van der Waals surface area (Å²) in [5, 5.41) is 4.87. The number of sulfonamides is 1. The Morgan fingerprint density at radius 3 is 2.37 bits per heavy atom. The van der Waals surface area contributed by atoms with Crippen LogP contribution in [0.25, 0.3) is 5.69 Å². The Balaban J connectivity index is 1.94. The highest BCUT2D eigenvalue weighted by molar-refractivity contribution is 7.92. The van der Waals surface area contributed by atoms with Crippen LogP contribution in [0.15, 0.2) is 59.8 Å². The molecule has 1 aromatic heterocycles. The van der Waals surface area contributed by atoms with Crippen LogP contribution in [0.3, 0.4) is 0 Å². The largest absolute Gasteiger partial charge is 0.305 e. The maximum atomic E-state index is 13.0. The molecule has 0 saturated carbocycles. The molecule has 160 valence electrons. The van der Waals surface area contributed by atoms with E-state index in [1.165, 1.54) is 0 Å². The van der Waals surface area contributed by atoms with Crippen molar-refractivity contribution in [3.8, 4) is 5.69 Å². The van der Waals surface area contributed by atoms with E-state index >= 15 is 0 Å². The van der Waals surface area contributed by atoms with E-state index in [4.69, 9.17) is 11.6 Å². The molecule has 0 aliphatic heterocycles. The predicted octanol–water partition coefficient (Wildman–Crippen LogP) is 4.69. The van der Waals surface area contributed by atoms with Crippen LogP contribution in [-0.2, 0) is 22.0 Å². The first-order chi connectivity index (χ1) is 14.0. The molecule has 30 heavy (non-hydrogen) atoms. The van der Waals surface area contributed by atoms with Crippen LogP contribution < -0.4 is 4.72 Å². The molecule has 0 fully saturated rings. The number of nitrogens with one attached hydrogen (secondary N) is 1. The zero-order valence-corrected chi connectivity index (χ0v) is 19.4. The normalized spacial score (nSPS) is 12.4. The summed E-state index contributed by atoms with van der Waals surface area (Å²) in [5.74, 6) is 0. The second-order valence-corrected chi connectivity index (χ2v) is 10.7. The molecule has 6 nitrogen and oxygen atoms in total. The topological polar surface area (TPSA) is 67.2 Å². The third-order valence-corrected chi connectivity index (χ3v) is 6.23. The first-order valence-electron chi connectivity index (χ1n) is 9.57. The van der Waals surface area contributed by atoms with Gasteiger partial charge in [0.15, 0.2) is 0 Å². The van der Waals surface area contributed by atoms with E-state index in [1.54, 1.807) is 41.2 Å². The summed E-state index contributed by atoms with van der Waals surface area (Å²) >= 11 is 6.18. The fourth-order valence-corrected chi connectivity index (χ4v) is 4.30. The van der Waals surface area contributed by atoms with E-state index in [1.807, 2.05) is 37.3 Å². The molecular formula is C22H27ClN4O2S. The molecule has 1 N–H and O–H groups in total. The number of aromatic nitrogens is 2. The minimum absolute atomic E-state index is 0.0522. The quantitative estimate of drug-likeness (QED) is 0.596. The maximum Gasteiger partial charge on any atom is 0.261 e. The lowest BCUT2D eigenvalue weighted by molar-refractivity contribution is 0.402. The minimum Gasteiger partial charge on any atom is -0.305 e. The summed E-state index contributed by atoms with van der Waals surface area (Å²) in [7, 11) is 0.173. The molecule has 0 amide bonds. The summed E-state index contributed by atoms with van der Waals surface area (Å²) < 4.78 is 30.3. The summed E-state index contributed by atoms with van der Waals surface area (Å²) in [4.78, 5) is 2.23. The Hall–Kier alpha value is -2.35. The summed E-state index contributed by atoms with van der Waals surface area (Å²) in [5.41, 5.74) is 2.98. The van der Waals surface area contributed by atoms with Crippen molar-refractivity contribution in [3.63, 3.8) is 0 Å². The molecule has 3 rings (SSSR count). The number of rotatable bonds is 6. The fourth-order valence-electron chi connectivity index (χ4n) is 3.06. The third kappa shape index (κ3) is 5.22. The molecule has 0 saturated heterocycles. The Labute approximate surface area is 183 Å². The average molecular weight is 447 g/mol. The number of nitrogens with zero attached hydrogens (tertiary/aromatic N) is 3. The van der Waals surface area contributed by atoms with Crippen molar-refractivity contribution in [1.29, 1.82) is 0 Å². The molecule has 0 aliphatic rings. The van der Waals surface area contributed by atoms with Crippen molar-refractivity contribution in [2.45, 2.75) is 37.6 Å². The van der Waals surface area contributed by atoms with Crippen molar-refractivity contribution < 1.29 is 8.42 Å². The van der Waals surface area contributed by atoms with E-state index in [2.05, 4.69) is 30.6 Å². The van der Waals surface area contributed by atoms with Gasteiger partial charge in [0.25, 0.3) is 10.0 Å². The highest BCUT2D eigenvalue weighted by atomic mass is 35.5. The standard InChI is InChI=1S/C22H27ClN4O2S/c1-22(2,3)17-6-9-19(10-7-17)30(28,29)25-20-11-8-18(23)12-21(20)27-15-16(13-24-27)14-26(4)5/h6-13,15,25H,14H2,1-5H3. The monoisotopic (exact) mass is 446 g/mol. The highest BCUT2D eigenvalue weighted by Crippen LogP contribution is 2.28. The van der Waals surface area contributed by atoms with Gasteiger partial charge in [0.1, 0.15) is 0 Å². The van der Waals surface area contributed by atoms with Gasteiger partial charge in [0.05, 0.1) is 22.5 Å². The van der Waals surface area contributed by atoms with E-state index in [-0.39, 0.29) is 10.3 Å². The molecule has 1 heterocycles. The first kappa shape index (κ1) is 22.3. The summed E-state index contributed by atoms with van der Waals surface area (Å²) in [6.45, 7) is 6.98. The first-order valence-corrected chi connectivity index (χ1v) is 11.4. The van der Waals surface area contributed by atoms with E-state index in [0.717, 1.165) is 17.7 Å². The number of halogens is 1. The fraction of sp³-hybridized carbons (Fsp3) is 0.318. The molecule has 0 unspecified atom stereocenters. The van der Waals surface area contributed by atoms with Crippen LogP contribution in [0.5, 0.6) is 0 Å². The smallest absolute Gasteiger partial charge is 0.261 e. The van der Waals surface area contributed by atoms with Gasteiger partial charge in [0.2, 0.25) is 0 Å². The molecular weight excluding hydrogens is 420 g/mol. The molecule has 0 atom stereocenters. The molecule has 0 aliphatic carbocycles. The Morgan fingerprint density at radius 1 is 1.10 bits per heavy atom. The molecule has 0 radical (unpaired) electrons. The van der Waals surface area contributed by atoms with Gasteiger partial charge in [-0.2, -0.15) is 5.10 Å². The van der Waals surface area contributed by atoms with E-state index in [0.29, 0.717) is 16.4 Å². The Bertz CT molecular complexity index is 1130. The van der Waals surface area contributed by atoms with Gasteiger partial charge in [-0.25, -0.2) is 13.1 Å². The third-order valence-electron chi connectivity index (χ3n) is 4.62. The molecule has 0 bridgehead atoms. The Morgan fingerprint density at radius 2 is 1.77 bits per heavy atom. The van der Waals surface area contributed by atoms with Crippen LogP contribution >= 0.6 is 11.6 Å². The van der Waals surface area contributed by atoms with Crippen molar-refractivity contribution in [2.24, 2.45) is 0 Å². The van der Waals surface area contributed by atoms with Gasteiger partial charge >= 0.3 is 0 Å². The SMILES string of the molecule is CN(C)Cc1cnn(-c2cc(Cl)ccc2NS(=O)(=O)c2ccc(C(C)(C)C)cc2)c1.